The van der Waals surface area contributed by atoms with Crippen LogP contribution in [-0.4, -0.2) is 45.3 Å². The highest BCUT2D eigenvalue weighted by atomic mass is 16.3. The van der Waals surface area contributed by atoms with Gasteiger partial charge < -0.3 is 14.6 Å². The second-order valence-electron chi connectivity index (χ2n) is 6.73. The topological polar surface area (TPSA) is 41.3 Å². The van der Waals surface area contributed by atoms with Gasteiger partial charge in [0.25, 0.3) is 0 Å². The van der Waals surface area contributed by atoms with Crippen LogP contribution in [0, 0.1) is 5.92 Å². The van der Waals surface area contributed by atoms with Crippen LogP contribution in [-0.2, 0) is 12.8 Å². The second kappa shape index (κ2) is 5.86. The largest absolute Gasteiger partial charge is 0.394 e. The number of rotatable bonds is 4. The minimum atomic E-state index is 0.243. The molecule has 3 heterocycles. The molecule has 0 saturated carbocycles. The third-order valence-electron chi connectivity index (χ3n) is 4.95. The van der Waals surface area contributed by atoms with Gasteiger partial charge in [-0.1, -0.05) is 0 Å². The Hall–Kier alpha value is -0.870. The normalized spacial score (nSPS) is 27.2. The highest BCUT2D eigenvalue weighted by Crippen LogP contribution is 2.27. The third kappa shape index (κ3) is 2.77. The quantitative estimate of drug-likeness (QED) is 0.915. The van der Waals surface area contributed by atoms with Gasteiger partial charge in [0, 0.05) is 25.2 Å². The summed E-state index contributed by atoms with van der Waals surface area (Å²) in [4.78, 5) is 7.38. The molecule has 2 aliphatic heterocycles. The van der Waals surface area contributed by atoms with Crippen LogP contribution < -0.4 is 0 Å². The Morgan fingerprint density at radius 2 is 2.25 bits per heavy atom. The van der Waals surface area contributed by atoms with Gasteiger partial charge >= 0.3 is 0 Å². The fourth-order valence-corrected chi connectivity index (χ4v) is 3.70. The Balaban J connectivity index is 1.66. The van der Waals surface area contributed by atoms with Crippen molar-refractivity contribution in [2.45, 2.75) is 58.0 Å². The predicted octanol–water partition coefficient (Wildman–Crippen LogP) is 2.03. The molecule has 0 aromatic carbocycles. The summed E-state index contributed by atoms with van der Waals surface area (Å²) in [6, 6.07) is 0.921. The van der Waals surface area contributed by atoms with Gasteiger partial charge in [0.2, 0.25) is 0 Å². The zero-order valence-corrected chi connectivity index (χ0v) is 12.8. The fraction of sp³-hybridized carbons (Fsp3) is 0.812. The Morgan fingerprint density at radius 1 is 1.40 bits per heavy atom. The molecule has 1 fully saturated rings. The zero-order chi connectivity index (χ0) is 14.1. The van der Waals surface area contributed by atoms with E-state index in [0.717, 1.165) is 31.6 Å². The first-order valence-electron chi connectivity index (χ1n) is 8.09. The lowest BCUT2D eigenvalue weighted by molar-refractivity contribution is 0.206. The summed E-state index contributed by atoms with van der Waals surface area (Å²) < 4.78 is 2.23. The van der Waals surface area contributed by atoms with Gasteiger partial charge in [-0.25, -0.2) is 4.98 Å². The molecule has 0 bridgehead atoms. The van der Waals surface area contributed by atoms with Crippen molar-refractivity contribution in [1.82, 2.24) is 14.5 Å². The number of hydrogen-bond donors (Lipinski definition) is 1. The molecule has 20 heavy (non-hydrogen) atoms. The minimum Gasteiger partial charge on any atom is -0.394 e. The molecule has 0 aliphatic carbocycles. The molecule has 2 aliphatic rings. The van der Waals surface area contributed by atoms with Crippen molar-refractivity contribution in [2.24, 2.45) is 5.92 Å². The minimum absolute atomic E-state index is 0.243. The number of nitrogens with zero attached hydrogens (tertiary/aromatic N) is 3. The van der Waals surface area contributed by atoms with Crippen molar-refractivity contribution >= 4 is 0 Å². The summed E-state index contributed by atoms with van der Waals surface area (Å²) in [5.41, 5.74) is 1.23. The average molecular weight is 277 g/mol. The van der Waals surface area contributed by atoms with Crippen LogP contribution in [0.4, 0.5) is 0 Å². The third-order valence-corrected chi connectivity index (χ3v) is 4.95. The Kier molecular flexibility index (Phi) is 4.13. The van der Waals surface area contributed by atoms with Gasteiger partial charge in [-0.15, -0.1) is 0 Å². The van der Waals surface area contributed by atoms with E-state index in [1.54, 1.807) is 0 Å². The first-order valence-corrected chi connectivity index (χ1v) is 8.09. The van der Waals surface area contributed by atoms with Gasteiger partial charge in [0.1, 0.15) is 5.82 Å². The van der Waals surface area contributed by atoms with Crippen LogP contribution in [0.2, 0.25) is 0 Å². The lowest BCUT2D eigenvalue weighted by Gasteiger charge is -2.22. The summed E-state index contributed by atoms with van der Waals surface area (Å²) in [6.07, 6.45) is 7.91. The zero-order valence-electron chi connectivity index (χ0n) is 12.8. The Bertz CT molecular complexity index is 455. The summed E-state index contributed by atoms with van der Waals surface area (Å²) >= 11 is 0. The van der Waals surface area contributed by atoms with Gasteiger partial charge in [0.05, 0.1) is 18.3 Å². The summed E-state index contributed by atoms with van der Waals surface area (Å²) in [6.45, 7) is 7.25. The van der Waals surface area contributed by atoms with E-state index in [1.807, 2.05) is 0 Å². The van der Waals surface area contributed by atoms with Crippen LogP contribution in [0.1, 0.15) is 50.7 Å². The van der Waals surface area contributed by atoms with E-state index in [1.165, 1.54) is 31.0 Å². The van der Waals surface area contributed by atoms with Gasteiger partial charge in [-0.05, 0) is 52.0 Å². The van der Waals surface area contributed by atoms with Crippen molar-refractivity contribution < 1.29 is 5.11 Å². The van der Waals surface area contributed by atoms with Crippen molar-refractivity contribution in [2.75, 3.05) is 19.7 Å². The van der Waals surface area contributed by atoms with Crippen molar-refractivity contribution in [3.8, 4) is 0 Å². The number of aliphatic hydroxyl groups excluding tert-OH is 1. The molecule has 4 nitrogen and oxygen atoms in total. The number of imidazole rings is 1. The maximum atomic E-state index is 9.47. The maximum Gasteiger partial charge on any atom is 0.109 e. The highest BCUT2D eigenvalue weighted by Gasteiger charge is 2.26. The molecule has 3 rings (SSSR count). The predicted molar refractivity (Wildman–Crippen MR) is 79.8 cm³/mol. The van der Waals surface area contributed by atoms with E-state index in [4.69, 9.17) is 4.98 Å². The molecule has 0 spiro atoms. The second-order valence-corrected chi connectivity index (χ2v) is 6.73. The van der Waals surface area contributed by atoms with E-state index < -0.39 is 0 Å². The first kappa shape index (κ1) is 14.1. The number of likely N-dealkylation sites (tertiary alicyclic amines) is 1. The molecule has 1 N–H and O–H groups in total. The molecule has 2 atom stereocenters. The molecule has 2 unspecified atom stereocenters. The number of aromatic nitrogens is 2. The summed E-state index contributed by atoms with van der Waals surface area (Å²) in [7, 11) is 0. The van der Waals surface area contributed by atoms with Crippen molar-refractivity contribution in [3.05, 3.63) is 17.7 Å². The van der Waals surface area contributed by atoms with E-state index in [-0.39, 0.29) is 12.6 Å². The van der Waals surface area contributed by atoms with Crippen LogP contribution in [0.15, 0.2) is 6.20 Å². The molecule has 1 aromatic heterocycles. The van der Waals surface area contributed by atoms with Crippen LogP contribution in [0.25, 0.3) is 0 Å². The SMILES string of the molecule is CC(C)N1CCC(Cc2cn3c(n2)CCCC3CO)C1. The lowest BCUT2D eigenvalue weighted by Crippen LogP contribution is -2.28. The first-order chi connectivity index (χ1) is 9.67. The van der Waals surface area contributed by atoms with Crippen LogP contribution in [0.3, 0.4) is 0 Å². The molecule has 1 aromatic rings. The van der Waals surface area contributed by atoms with Gasteiger partial charge in [-0.3, -0.25) is 0 Å². The van der Waals surface area contributed by atoms with E-state index >= 15 is 0 Å². The number of hydrogen-bond acceptors (Lipinski definition) is 3. The fourth-order valence-electron chi connectivity index (χ4n) is 3.70. The van der Waals surface area contributed by atoms with E-state index in [9.17, 15) is 5.11 Å². The van der Waals surface area contributed by atoms with Crippen LogP contribution in [0.5, 0.6) is 0 Å². The molecule has 1 saturated heterocycles. The standard InChI is InChI=1S/C16H27N3O/c1-12(2)18-7-6-13(9-18)8-14-10-19-15(11-20)4-3-5-16(19)17-14/h10,12-13,15,20H,3-9,11H2,1-2H3. The van der Waals surface area contributed by atoms with E-state index in [0.29, 0.717) is 6.04 Å². The number of fused-ring (bicyclic) bond motifs is 1. The maximum absolute atomic E-state index is 9.47. The molecule has 112 valence electrons. The van der Waals surface area contributed by atoms with Crippen molar-refractivity contribution in [3.63, 3.8) is 0 Å². The number of aliphatic hydroxyl groups is 1. The molecule has 0 radical (unpaired) electrons. The van der Waals surface area contributed by atoms with Gasteiger partial charge in [-0.2, -0.15) is 0 Å². The smallest absolute Gasteiger partial charge is 0.109 e. The van der Waals surface area contributed by atoms with Crippen LogP contribution >= 0.6 is 0 Å². The van der Waals surface area contributed by atoms with Crippen molar-refractivity contribution in [1.29, 1.82) is 0 Å². The molecule has 0 amide bonds. The Morgan fingerprint density at radius 3 is 2.95 bits per heavy atom. The summed E-state index contributed by atoms with van der Waals surface area (Å²) in [5.74, 6) is 1.94. The highest BCUT2D eigenvalue weighted by molar-refractivity contribution is 5.09. The molecular weight excluding hydrogens is 250 g/mol. The number of aryl methyl sites for hydroxylation is 1. The monoisotopic (exact) mass is 277 g/mol. The van der Waals surface area contributed by atoms with E-state index in [2.05, 4.69) is 29.5 Å². The Labute approximate surface area is 121 Å². The lowest BCUT2D eigenvalue weighted by atomic mass is 10.0. The summed E-state index contributed by atoms with van der Waals surface area (Å²) in [5, 5.41) is 9.47. The average Bonchev–Trinajstić information content (AvgIpc) is 3.04. The molecular formula is C16H27N3O. The van der Waals surface area contributed by atoms with Gasteiger partial charge in [0.15, 0.2) is 0 Å². The molecule has 4 heteroatoms.